The molecule has 1 aliphatic rings. The van der Waals surface area contributed by atoms with Crippen molar-refractivity contribution in [3.8, 4) is 0 Å². The van der Waals surface area contributed by atoms with Gasteiger partial charge in [-0.05, 0) is 30.5 Å². The zero-order valence-electron chi connectivity index (χ0n) is 11.6. The Kier molecular flexibility index (Phi) is 8.47. The van der Waals surface area contributed by atoms with Crippen molar-refractivity contribution in [2.45, 2.75) is 25.5 Å². The average molecular weight is 454 g/mol. The van der Waals surface area contributed by atoms with E-state index in [1.54, 1.807) is 7.05 Å². The first-order valence-electron chi connectivity index (χ1n) is 6.58. The molecule has 112 valence electrons. The van der Waals surface area contributed by atoms with Crippen molar-refractivity contribution in [3.05, 3.63) is 34.3 Å². The average Bonchev–Trinajstić information content (AvgIpc) is 2.94. The van der Waals surface area contributed by atoms with Gasteiger partial charge in [-0.15, -0.1) is 24.0 Å². The van der Waals surface area contributed by atoms with Gasteiger partial charge in [-0.3, -0.25) is 4.99 Å². The van der Waals surface area contributed by atoms with E-state index in [9.17, 15) is 0 Å². The number of ether oxygens (including phenoxy) is 1. The number of hydrogen-bond acceptors (Lipinski definition) is 2. The van der Waals surface area contributed by atoms with Crippen molar-refractivity contribution < 1.29 is 4.74 Å². The third kappa shape index (κ3) is 5.97. The highest BCUT2D eigenvalue weighted by Crippen LogP contribution is 2.11. The van der Waals surface area contributed by atoms with Gasteiger partial charge in [0.05, 0.1) is 6.10 Å². The smallest absolute Gasteiger partial charge is 0.191 e. The normalized spacial score (nSPS) is 18.5. The molecule has 0 amide bonds. The summed E-state index contributed by atoms with van der Waals surface area (Å²) in [5.41, 5.74) is 1.23. The van der Waals surface area contributed by atoms with E-state index in [1.807, 2.05) is 12.1 Å². The standard InChI is InChI=1S/C14H20BrN3O.HI/c1-16-14(18-10-13-3-2-8-19-13)17-9-11-4-6-12(15)7-5-11;/h4-7,13H,2-3,8-10H2,1H3,(H2,16,17,18);1H. The van der Waals surface area contributed by atoms with Crippen LogP contribution in [0.5, 0.6) is 0 Å². The predicted molar refractivity (Wildman–Crippen MR) is 96.7 cm³/mol. The van der Waals surface area contributed by atoms with Crippen LogP contribution in [0.25, 0.3) is 0 Å². The lowest BCUT2D eigenvalue weighted by atomic mass is 10.2. The second kappa shape index (κ2) is 9.57. The van der Waals surface area contributed by atoms with Gasteiger partial charge >= 0.3 is 0 Å². The van der Waals surface area contributed by atoms with E-state index >= 15 is 0 Å². The first-order valence-corrected chi connectivity index (χ1v) is 7.38. The number of halogens is 2. The van der Waals surface area contributed by atoms with E-state index in [0.717, 1.165) is 43.0 Å². The Bertz CT molecular complexity index is 419. The molecule has 0 saturated carbocycles. The van der Waals surface area contributed by atoms with Crippen molar-refractivity contribution in [2.75, 3.05) is 20.2 Å². The number of rotatable bonds is 4. The number of nitrogens with zero attached hydrogens (tertiary/aromatic N) is 1. The van der Waals surface area contributed by atoms with Crippen LogP contribution >= 0.6 is 39.9 Å². The largest absolute Gasteiger partial charge is 0.376 e. The van der Waals surface area contributed by atoms with Gasteiger partial charge < -0.3 is 15.4 Å². The van der Waals surface area contributed by atoms with E-state index in [-0.39, 0.29) is 24.0 Å². The van der Waals surface area contributed by atoms with Gasteiger partial charge in [0.2, 0.25) is 0 Å². The second-order valence-corrected chi connectivity index (χ2v) is 5.48. The Morgan fingerprint density at radius 2 is 2.10 bits per heavy atom. The molecule has 4 nitrogen and oxygen atoms in total. The van der Waals surface area contributed by atoms with Gasteiger partial charge in [0.25, 0.3) is 0 Å². The monoisotopic (exact) mass is 453 g/mol. The summed E-state index contributed by atoms with van der Waals surface area (Å²) in [5, 5.41) is 6.59. The molecule has 1 saturated heterocycles. The molecule has 1 aromatic rings. The zero-order valence-corrected chi connectivity index (χ0v) is 15.5. The molecule has 0 radical (unpaired) electrons. The molecule has 0 spiro atoms. The molecular formula is C14H21BrIN3O. The first-order chi connectivity index (χ1) is 9.28. The summed E-state index contributed by atoms with van der Waals surface area (Å²) in [6.07, 6.45) is 2.62. The van der Waals surface area contributed by atoms with E-state index in [0.29, 0.717) is 6.10 Å². The van der Waals surface area contributed by atoms with Crippen molar-refractivity contribution >= 4 is 45.9 Å². The van der Waals surface area contributed by atoms with Gasteiger partial charge in [0.15, 0.2) is 5.96 Å². The van der Waals surface area contributed by atoms with E-state index in [2.05, 4.69) is 43.7 Å². The Hall–Kier alpha value is -0.340. The minimum Gasteiger partial charge on any atom is -0.376 e. The molecule has 0 aromatic heterocycles. The summed E-state index contributed by atoms with van der Waals surface area (Å²) in [5.74, 6) is 0.818. The fourth-order valence-electron chi connectivity index (χ4n) is 2.02. The lowest BCUT2D eigenvalue weighted by Crippen LogP contribution is -2.40. The molecule has 1 heterocycles. The number of benzene rings is 1. The summed E-state index contributed by atoms with van der Waals surface area (Å²) in [6, 6.07) is 8.26. The van der Waals surface area contributed by atoms with Crippen molar-refractivity contribution in [3.63, 3.8) is 0 Å². The Morgan fingerprint density at radius 3 is 2.70 bits per heavy atom. The van der Waals surface area contributed by atoms with Crippen molar-refractivity contribution in [1.29, 1.82) is 0 Å². The second-order valence-electron chi connectivity index (χ2n) is 4.57. The minimum atomic E-state index is 0. The molecule has 0 bridgehead atoms. The molecule has 20 heavy (non-hydrogen) atoms. The highest BCUT2D eigenvalue weighted by Gasteiger charge is 2.15. The quantitative estimate of drug-likeness (QED) is 0.418. The highest BCUT2D eigenvalue weighted by molar-refractivity contribution is 14.0. The molecule has 1 aromatic carbocycles. The summed E-state index contributed by atoms with van der Waals surface area (Å²) in [7, 11) is 1.78. The summed E-state index contributed by atoms with van der Waals surface area (Å²) < 4.78 is 6.67. The number of hydrogen-bond donors (Lipinski definition) is 2. The van der Waals surface area contributed by atoms with E-state index in [1.165, 1.54) is 5.56 Å². The van der Waals surface area contributed by atoms with Crippen LogP contribution in [0.15, 0.2) is 33.7 Å². The Balaban J connectivity index is 0.00000200. The maximum Gasteiger partial charge on any atom is 0.191 e. The summed E-state index contributed by atoms with van der Waals surface area (Å²) in [4.78, 5) is 4.21. The van der Waals surface area contributed by atoms with E-state index < -0.39 is 0 Å². The lowest BCUT2D eigenvalue weighted by molar-refractivity contribution is 0.114. The first kappa shape index (κ1) is 17.7. The molecule has 6 heteroatoms. The summed E-state index contributed by atoms with van der Waals surface area (Å²) in [6.45, 7) is 2.47. The number of aliphatic imine (C=N–C) groups is 1. The highest BCUT2D eigenvalue weighted by atomic mass is 127. The summed E-state index contributed by atoms with van der Waals surface area (Å²) >= 11 is 3.43. The molecule has 0 aliphatic carbocycles. The minimum absolute atomic E-state index is 0. The molecular weight excluding hydrogens is 433 g/mol. The molecule has 1 aliphatic heterocycles. The van der Waals surface area contributed by atoms with Crippen LogP contribution in [0.2, 0.25) is 0 Å². The molecule has 2 rings (SSSR count). The topological polar surface area (TPSA) is 45.7 Å². The lowest BCUT2D eigenvalue weighted by Gasteiger charge is -2.15. The van der Waals surface area contributed by atoms with Crippen LogP contribution in [-0.4, -0.2) is 32.3 Å². The van der Waals surface area contributed by atoms with Gasteiger partial charge in [-0.2, -0.15) is 0 Å². The maximum absolute atomic E-state index is 5.57. The maximum atomic E-state index is 5.57. The fraction of sp³-hybridized carbons (Fsp3) is 0.500. The number of nitrogens with one attached hydrogen (secondary N) is 2. The van der Waals surface area contributed by atoms with Crippen LogP contribution in [0.4, 0.5) is 0 Å². The molecule has 1 unspecified atom stereocenters. The van der Waals surface area contributed by atoms with E-state index in [4.69, 9.17) is 4.74 Å². The third-order valence-corrected chi connectivity index (χ3v) is 3.65. The van der Waals surface area contributed by atoms with Crippen LogP contribution in [0, 0.1) is 0 Å². The predicted octanol–water partition coefficient (Wildman–Crippen LogP) is 2.91. The van der Waals surface area contributed by atoms with Crippen molar-refractivity contribution in [1.82, 2.24) is 10.6 Å². The van der Waals surface area contributed by atoms with Gasteiger partial charge in [0, 0.05) is 31.2 Å². The third-order valence-electron chi connectivity index (χ3n) is 3.12. The van der Waals surface area contributed by atoms with Crippen LogP contribution in [0.3, 0.4) is 0 Å². The Labute approximate surface area is 145 Å². The number of guanidine groups is 1. The zero-order chi connectivity index (χ0) is 13.5. The SMILES string of the molecule is CN=C(NCc1ccc(Br)cc1)NCC1CCCO1.I. The van der Waals surface area contributed by atoms with Gasteiger partial charge in [-0.25, -0.2) is 0 Å². The van der Waals surface area contributed by atoms with Crippen LogP contribution in [-0.2, 0) is 11.3 Å². The van der Waals surface area contributed by atoms with Crippen molar-refractivity contribution in [2.24, 2.45) is 4.99 Å². The van der Waals surface area contributed by atoms with Gasteiger partial charge in [0.1, 0.15) is 0 Å². The molecule has 2 N–H and O–H groups in total. The molecule has 1 fully saturated rings. The Morgan fingerprint density at radius 1 is 1.35 bits per heavy atom. The molecule has 1 atom stereocenters. The van der Waals surface area contributed by atoms with Gasteiger partial charge in [-0.1, -0.05) is 28.1 Å². The van der Waals surface area contributed by atoms with Crippen LogP contribution < -0.4 is 10.6 Å². The van der Waals surface area contributed by atoms with Crippen LogP contribution in [0.1, 0.15) is 18.4 Å². The fourth-order valence-corrected chi connectivity index (χ4v) is 2.29.